The molecule has 0 saturated carbocycles. The maximum absolute atomic E-state index is 12.6. The van der Waals surface area contributed by atoms with Gasteiger partial charge in [0.2, 0.25) is 0 Å². The van der Waals surface area contributed by atoms with Gasteiger partial charge in [0, 0.05) is 18.5 Å². The van der Waals surface area contributed by atoms with E-state index in [9.17, 15) is 4.79 Å². The molecule has 1 amide bonds. The van der Waals surface area contributed by atoms with Gasteiger partial charge >= 0.3 is 0 Å². The van der Waals surface area contributed by atoms with Crippen LogP contribution < -0.4 is 15.0 Å². The summed E-state index contributed by atoms with van der Waals surface area (Å²) in [5.74, 6) is 1.35. The van der Waals surface area contributed by atoms with Gasteiger partial charge in [-0.25, -0.2) is 0 Å². The molecule has 3 aromatic carbocycles. The molecule has 0 atom stereocenters. The number of fused-ring (bicyclic) bond motifs is 1. The van der Waals surface area contributed by atoms with Crippen LogP contribution in [0.4, 0.5) is 11.4 Å². The summed E-state index contributed by atoms with van der Waals surface area (Å²) >= 11 is 0. The van der Waals surface area contributed by atoms with E-state index in [1.54, 1.807) is 0 Å². The number of para-hydroxylation sites is 2. The SMILES string of the molecule is CC1CCN(c2ccccc2NC(=O)COc2cccc3ccccc23)CC1. The summed E-state index contributed by atoms with van der Waals surface area (Å²) in [6.07, 6.45) is 2.37. The van der Waals surface area contributed by atoms with Crippen LogP contribution in [-0.2, 0) is 4.79 Å². The molecule has 1 aliphatic heterocycles. The van der Waals surface area contributed by atoms with Crippen molar-refractivity contribution in [3.63, 3.8) is 0 Å². The number of anilines is 2. The van der Waals surface area contributed by atoms with Gasteiger partial charge in [0.1, 0.15) is 5.75 Å². The number of benzene rings is 3. The minimum Gasteiger partial charge on any atom is -0.483 e. The number of hydrogen-bond donors (Lipinski definition) is 1. The first-order valence-electron chi connectivity index (χ1n) is 9.95. The predicted octanol–water partition coefficient (Wildman–Crippen LogP) is 5.09. The van der Waals surface area contributed by atoms with Gasteiger partial charge < -0.3 is 15.0 Å². The van der Waals surface area contributed by atoms with E-state index in [1.807, 2.05) is 60.7 Å². The first-order chi connectivity index (χ1) is 13.7. The van der Waals surface area contributed by atoms with Crippen molar-refractivity contribution in [3.05, 3.63) is 66.7 Å². The molecule has 4 rings (SSSR count). The first-order valence-corrected chi connectivity index (χ1v) is 9.95. The molecule has 4 heteroatoms. The Balaban J connectivity index is 1.43. The van der Waals surface area contributed by atoms with Crippen LogP contribution in [0.1, 0.15) is 19.8 Å². The monoisotopic (exact) mass is 374 g/mol. The zero-order chi connectivity index (χ0) is 19.3. The summed E-state index contributed by atoms with van der Waals surface area (Å²) < 4.78 is 5.83. The number of amides is 1. The number of ether oxygens (including phenoxy) is 1. The van der Waals surface area contributed by atoms with E-state index in [0.29, 0.717) is 0 Å². The van der Waals surface area contributed by atoms with Crippen LogP contribution in [0.15, 0.2) is 66.7 Å². The highest BCUT2D eigenvalue weighted by Crippen LogP contribution is 2.30. The van der Waals surface area contributed by atoms with Gasteiger partial charge in [-0.05, 0) is 42.3 Å². The second-order valence-corrected chi connectivity index (χ2v) is 7.50. The predicted molar refractivity (Wildman–Crippen MR) is 115 cm³/mol. The molecule has 0 unspecified atom stereocenters. The smallest absolute Gasteiger partial charge is 0.262 e. The highest BCUT2D eigenvalue weighted by atomic mass is 16.5. The summed E-state index contributed by atoms with van der Waals surface area (Å²) in [7, 11) is 0. The minimum absolute atomic E-state index is 0.0145. The third-order valence-corrected chi connectivity index (χ3v) is 5.41. The maximum atomic E-state index is 12.6. The van der Waals surface area contributed by atoms with Gasteiger partial charge in [-0.3, -0.25) is 4.79 Å². The fraction of sp³-hybridized carbons (Fsp3) is 0.292. The van der Waals surface area contributed by atoms with Gasteiger partial charge in [-0.15, -0.1) is 0 Å². The van der Waals surface area contributed by atoms with Gasteiger partial charge in [0.25, 0.3) is 5.91 Å². The number of piperidine rings is 1. The number of rotatable bonds is 5. The van der Waals surface area contributed by atoms with Crippen molar-refractivity contribution >= 4 is 28.1 Å². The summed E-state index contributed by atoms with van der Waals surface area (Å²) in [4.78, 5) is 14.9. The molecule has 0 spiro atoms. The maximum Gasteiger partial charge on any atom is 0.262 e. The Morgan fingerprint density at radius 2 is 1.71 bits per heavy atom. The molecule has 1 aliphatic rings. The number of hydrogen-bond acceptors (Lipinski definition) is 3. The highest BCUT2D eigenvalue weighted by molar-refractivity contribution is 5.96. The molecule has 0 radical (unpaired) electrons. The Labute approximate surface area is 166 Å². The molecule has 0 bridgehead atoms. The lowest BCUT2D eigenvalue weighted by molar-refractivity contribution is -0.118. The van der Waals surface area contributed by atoms with Crippen molar-refractivity contribution in [2.45, 2.75) is 19.8 Å². The van der Waals surface area contributed by atoms with Crippen molar-refractivity contribution in [1.82, 2.24) is 0 Å². The zero-order valence-corrected chi connectivity index (χ0v) is 16.2. The normalized spacial score (nSPS) is 14.8. The van der Waals surface area contributed by atoms with E-state index >= 15 is 0 Å². The van der Waals surface area contributed by atoms with Crippen LogP contribution in [0.5, 0.6) is 5.75 Å². The lowest BCUT2D eigenvalue weighted by atomic mass is 9.98. The average Bonchev–Trinajstić information content (AvgIpc) is 2.73. The lowest BCUT2D eigenvalue weighted by Gasteiger charge is -2.33. The Bertz CT molecular complexity index is 956. The molecule has 3 aromatic rings. The van der Waals surface area contributed by atoms with Gasteiger partial charge in [0.15, 0.2) is 6.61 Å². The van der Waals surface area contributed by atoms with Crippen LogP contribution in [-0.4, -0.2) is 25.6 Å². The number of carbonyl (C=O) groups is 1. The third-order valence-electron chi connectivity index (χ3n) is 5.41. The molecule has 1 N–H and O–H groups in total. The van der Waals surface area contributed by atoms with E-state index < -0.39 is 0 Å². The summed E-state index contributed by atoms with van der Waals surface area (Å²) in [6, 6.07) is 21.9. The molecule has 1 saturated heterocycles. The second kappa shape index (κ2) is 8.34. The van der Waals surface area contributed by atoms with Crippen LogP contribution in [0.3, 0.4) is 0 Å². The molecule has 1 fully saturated rings. The molecule has 28 heavy (non-hydrogen) atoms. The van der Waals surface area contributed by atoms with Crippen LogP contribution in [0, 0.1) is 5.92 Å². The highest BCUT2D eigenvalue weighted by Gasteiger charge is 2.19. The Morgan fingerprint density at radius 1 is 1.00 bits per heavy atom. The Kier molecular flexibility index (Phi) is 5.47. The van der Waals surface area contributed by atoms with Crippen molar-refractivity contribution in [2.75, 3.05) is 29.9 Å². The first kappa shape index (κ1) is 18.4. The summed E-state index contributed by atoms with van der Waals surface area (Å²) in [5, 5.41) is 5.15. The number of carbonyl (C=O) groups excluding carboxylic acids is 1. The second-order valence-electron chi connectivity index (χ2n) is 7.50. The van der Waals surface area contributed by atoms with E-state index in [1.165, 1.54) is 12.8 Å². The fourth-order valence-corrected chi connectivity index (χ4v) is 3.76. The van der Waals surface area contributed by atoms with Gasteiger partial charge in [-0.1, -0.05) is 55.5 Å². The minimum atomic E-state index is -0.147. The topological polar surface area (TPSA) is 41.6 Å². The number of nitrogens with one attached hydrogen (secondary N) is 1. The lowest BCUT2D eigenvalue weighted by Crippen LogP contribution is -2.33. The standard InChI is InChI=1S/C24H26N2O2/c1-18-13-15-26(16-14-18)22-11-5-4-10-21(22)25-24(27)17-28-23-12-6-8-19-7-2-3-9-20(19)23/h2-12,18H,13-17H2,1H3,(H,25,27). The van der Waals surface area contributed by atoms with Crippen molar-refractivity contribution in [2.24, 2.45) is 5.92 Å². The van der Waals surface area contributed by atoms with E-state index in [0.717, 1.165) is 46.9 Å². The Hall–Kier alpha value is -3.01. The van der Waals surface area contributed by atoms with Crippen LogP contribution in [0.25, 0.3) is 10.8 Å². The van der Waals surface area contributed by atoms with E-state index in [-0.39, 0.29) is 12.5 Å². The largest absolute Gasteiger partial charge is 0.483 e. The van der Waals surface area contributed by atoms with E-state index in [2.05, 4.69) is 23.2 Å². The van der Waals surface area contributed by atoms with Crippen LogP contribution in [0.2, 0.25) is 0 Å². The quantitative estimate of drug-likeness (QED) is 0.676. The molecule has 0 aromatic heterocycles. The van der Waals surface area contributed by atoms with Crippen molar-refractivity contribution < 1.29 is 9.53 Å². The van der Waals surface area contributed by atoms with Gasteiger partial charge in [-0.2, -0.15) is 0 Å². The summed E-state index contributed by atoms with van der Waals surface area (Å²) in [5.41, 5.74) is 1.94. The third kappa shape index (κ3) is 4.11. The van der Waals surface area contributed by atoms with Crippen LogP contribution >= 0.6 is 0 Å². The fourth-order valence-electron chi connectivity index (χ4n) is 3.76. The van der Waals surface area contributed by atoms with Crippen molar-refractivity contribution in [3.8, 4) is 5.75 Å². The number of nitrogens with zero attached hydrogens (tertiary/aromatic N) is 1. The molecule has 144 valence electrons. The zero-order valence-electron chi connectivity index (χ0n) is 16.2. The average molecular weight is 374 g/mol. The van der Waals surface area contributed by atoms with Crippen molar-refractivity contribution in [1.29, 1.82) is 0 Å². The molecule has 1 heterocycles. The molecular weight excluding hydrogens is 348 g/mol. The molecular formula is C24H26N2O2. The summed E-state index contributed by atoms with van der Waals surface area (Å²) in [6.45, 7) is 4.34. The molecule has 4 nitrogen and oxygen atoms in total. The molecule has 0 aliphatic carbocycles. The Morgan fingerprint density at radius 3 is 2.57 bits per heavy atom. The van der Waals surface area contributed by atoms with E-state index in [4.69, 9.17) is 4.74 Å². The van der Waals surface area contributed by atoms with Gasteiger partial charge in [0.05, 0.1) is 11.4 Å².